The zero-order valence-corrected chi connectivity index (χ0v) is 33.1. The third-order valence-corrected chi connectivity index (χ3v) is 12.3. The standard InChI is InChI=1S/C57H39N3/c1-57(45-22-6-3-7-23-45)52-27-11-10-26-49(52)50-29-28-41(35-53(50)57)39-17-12-19-42(33-39)46-30-31-51(48-25-9-8-24-47(46)48)55-36-54(59-56(60-55)38-15-4-2-5-16-38)43-20-13-18-40(34-43)44-21-14-32-58-37-44/h2-37H,1H3. The molecule has 282 valence electrons. The van der Waals surface area contributed by atoms with Crippen LogP contribution < -0.4 is 0 Å². The number of hydrogen-bond acceptors (Lipinski definition) is 3. The lowest BCUT2D eigenvalue weighted by atomic mass is 9.74. The van der Waals surface area contributed by atoms with E-state index in [0.717, 1.165) is 44.6 Å². The maximum atomic E-state index is 5.24. The van der Waals surface area contributed by atoms with Gasteiger partial charge in [-0.05, 0) is 104 Å². The molecule has 11 rings (SSSR count). The van der Waals surface area contributed by atoms with E-state index in [1.807, 2.05) is 30.5 Å². The van der Waals surface area contributed by atoms with Crippen LogP contribution in [0.4, 0.5) is 0 Å². The van der Waals surface area contributed by atoms with Gasteiger partial charge in [-0.15, -0.1) is 0 Å². The van der Waals surface area contributed by atoms with Gasteiger partial charge in [-0.3, -0.25) is 4.98 Å². The number of fused-ring (bicyclic) bond motifs is 4. The van der Waals surface area contributed by atoms with Gasteiger partial charge in [-0.2, -0.15) is 0 Å². The first-order valence-corrected chi connectivity index (χ1v) is 20.5. The van der Waals surface area contributed by atoms with E-state index in [9.17, 15) is 0 Å². The van der Waals surface area contributed by atoms with E-state index in [1.54, 1.807) is 6.20 Å². The molecule has 10 aromatic rings. The monoisotopic (exact) mass is 765 g/mol. The van der Waals surface area contributed by atoms with E-state index < -0.39 is 0 Å². The zero-order chi connectivity index (χ0) is 40.0. The Morgan fingerprint density at radius 2 is 0.917 bits per heavy atom. The average molecular weight is 766 g/mol. The summed E-state index contributed by atoms with van der Waals surface area (Å²) in [5.41, 5.74) is 18.1. The van der Waals surface area contributed by atoms with E-state index in [0.29, 0.717) is 5.82 Å². The highest BCUT2D eigenvalue weighted by atomic mass is 14.9. The molecule has 1 aliphatic carbocycles. The number of hydrogen-bond donors (Lipinski definition) is 0. The molecule has 0 saturated carbocycles. The predicted molar refractivity (Wildman–Crippen MR) is 247 cm³/mol. The van der Waals surface area contributed by atoms with Gasteiger partial charge in [0.25, 0.3) is 0 Å². The van der Waals surface area contributed by atoms with Crippen LogP contribution in [0.2, 0.25) is 0 Å². The Hall–Kier alpha value is -7.75. The molecule has 0 spiro atoms. The lowest BCUT2D eigenvalue weighted by Gasteiger charge is -2.28. The second kappa shape index (κ2) is 14.6. The molecule has 3 nitrogen and oxygen atoms in total. The van der Waals surface area contributed by atoms with Crippen LogP contribution >= 0.6 is 0 Å². The van der Waals surface area contributed by atoms with Gasteiger partial charge in [-0.25, -0.2) is 9.97 Å². The molecule has 2 aromatic heterocycles. The van der Waals surface area contributed by atoms with Gasteiger partial charge < -0.3 is 0 Å². The van der Waals surface area contributed by atoms with Gasteiger partial charge in [-0.1, -0.05) is 176 Å². The van der Waals surface area contributed by atoms with E-state index in [2.05, 4.69) is 194 Å². The van der Waals surface area contributed by atoms with E-state index in [4.69, 9.17) is 9.97 Å². The molecule has 3 heteroatoms. The van der Waals surface area contributed by atoms with Crippen LogP contribution in [0.15, 0.2) is 219 Å². The number of aromatic nitrogens is 3. The maximum absolute atomic E-state index is 5.24. The highest BCUT2D eigenvalue weighted by molar-refractivity contribution is 6.05. The molecule has 1 unspecified atom stereocenters. The minimum Gasteiger partial charge on any atom is -0.264 e. The Labute approximate surface area is 350 Å². The SMILES string of the molecule is CC1(c2ccccc2)c2ccccc2-c2ccc(-c3cccc(-c4ccc(-c5cc(-c6cccc(-c7cccnc7)c6)nc(-c6ccccc6)n5)c5ccccc45)c3)cc21. The molecule has 8 aromatic carbocycles. The molecule has 0 N–H and O–H groups in total. The maximum Gasteiger partial charge on any atom is 0.160 e. The van der Waals surface area contributed by atoms with Crippen LogP contribution in [0.5, 0.6) is 0 Å². The summed E-state index contributed by atoms with van der Waals surface area (Å²) in [4.78, 5) is 14.8. The molecule has 0 bridgehead atoms. The second-order valence-electron chi connectivity index (χ2n) is 15.7. The lowest BCUT2D eigenvalue weighted by Crippen LogP contribution is -2.22. The molecular formula is C57H39N3. The smallest absolute Gasteiger partial charge is 0.160 e. The van der Waals surface area contributed by atoms with E-state index in [1.165, 1.54) is 55.5 Å². The fourth-order valence-electron chi connectivity index (χ4n) is 9.24. The molecule has 2 heterocycles. The zero-order valence-electron chi connectivity index (χ0n) is 33.1. The van der Waals surface area contributed by atoms with E-state index in [-0.39, 0.29) is 5.41 Å². The summed E-state index contributed by atoms with van der Waals surface area (Å²) < 4.78 is 0. The van der Waals surface area contributed by atoms with Crippen molar-refractivity contribution in [2.45, 2.75) is 12.3 Å². The third-order valence-electron chi connectivity index (χ3n) is 12.3. The van der Waals surface area contributed by atoms with Crippen LogP contribution in [0.3, 0.4) is 0 Å². The summed E-state index contributed by atoms with van der Waals surface area (Å²) in [5, 5.41) is 2.32. The molecule has 1 atom stereocenters. The number of nitrogens with zero attached hydrogens (tertiary/aromatic N) is 3. The van der Waals surface area contributed by atoms with Gasteiger partial charge in [0.2, 0.25) is 0 Å². The van der Waals surface area contributed by atoms with Crippen LogP contribution in [0.1, 0.15) is 23.6 Å². The molecule has 0 amide bonds. The first-order valence-electron chi connectivity index (χ1n) is 20.5. The van der Waals surface area contributed by atoms with Crippen molar-refractivity contribution in [1.82, 2.24) is 15.0 Å². The summed E-state index contributed by atoms with van der Waals surface area (Å²) in [5.74, 6) is 0.691. The lowest BCUT2D eigenvalue weighted by molar-refractivity contribution is 0.714. The Balaban J connectivity index is 1.02. The van der Waals surface area contributed by atoms with Crippen LogP contribution in [0.25, 0.3) is 89.2 Å². The Kier molecular flexibility index (Phi) is 8.60. The first kappa shape index (κ1) is 35.4. The van der Waals surface area contributed by atoms with Crippen molar-refractivity contribution in [3.05, 3.63) is 235 Å². The van der Waals surface area contributed by atoms with Crippen LogP contribution in [0, 0.1) is 0 Å². The summed E-state index contributed by atoms with van der Waals surface area (Å²) in [6.45, 7) is 2.38. The van der Waals surface area contributed by atoms with Gasteiger partial charge >= 0.3 is 0 Å². The van der Waals surface area contributed by atoms with Crippen LogP contribution in [-0.2, 0) is 5.41 Å². The molecular weight excluding hydrogens is 727 g/mol. The van der Waals surface area contributed by atoms with E-state index >= 15 is 0 Å². The molecule has 0 fully saturated rings. The fraction of sp³-hybridized carbons (Fsp3) is 0.0351. The normalized spacial score (nSPS) is 14.2. The Morgan fingerprint density at radius 1 is 0.350 bits per heavy atom. The molecule has 60 heavy (non-hydrogen) atoms. The van der Waals surface area contributed by atoms with Crippen molar-refractivity contribution in [3.8, 4) is 78.4 Å². The third kappa shape index (κ3) is 6.02. The second-order valence-corrected chi connectivity index (χ2v) is 15.7. The molecule has 0 aliphatic heterocycles. The van der Waals surface area contributed by atoms with Crippen molar-refractivity contribution < 1.29 is 0 Å². The minimum atomic E-state index is -0.254. The van der Waals surface area contributed by atoms with Gasteiger partial charge in [0.15, 0.2) is 5.82 Å². The van der Waals surface area contributed by atoms with Crippen molar-refractivity contribution >= 4 is 10.8 Å². The number of benzene rings is 8. The van der Waals surface area contributed by atoms with Crippen molar-refractivity contribution in [1.29, 1.82) is 0 Å². The molecule has 0 saturated heterocycles. The van der Waals surface area contributed by atoms with Crippen molar-refractivity contribution in [2.24, 2.45) is 0 Å². The van der Waals surface area contributed by atoms with Gasteiger partial charge in [0.05, 0.1) is 11.4 Å². The van der Waals surface area contributed by atoms with Gasteiger partial charge in [0, 0.05) is 40.1 Å². The van der Waals surface area contributed by atoms with Crippen LogP contribution in [-0.4, -0.2) is 15.0 Å². The quantitative estimate of drug-likeness (QED) is 0.162. The Morgan fingerprint density at radius 3 is 1.72 bits per heavy atom. The average Bonchev–Trinajstić information content (AvgIpc) is 3.59. The summed E-state index contributed by atoms with van der Waals surface area (Å²) in [6, 6.07) is 74.0. The van der Waals surface area contributed by atoms with Crippen molar-refractivity contribution in [3.63, 3.8) is 0 Å². The largest absolute Gasteiger partial charge is 0.264 e. The summed E-state index contributed by atoms with van der Waals surface area (Å²) >= 11 is 0. The number of pyridine rings is 1. The molecule has 1 aliphatic rings. The Bertz CT molecular complexity index is 3210. The predicted octanol–water partition coefficient (Wildman–Crippen LogP) is 14.4. The fourth-order valence-corrected chi connectivity index (χ4v) is 9.24. The van der Waals surface area contributed by atoms with Gasteiger partial charge in [0.1, 0.15) is 0 Å². The topological polar surface area (TPSA) is 38.7 Å². The first-order chi connectivity index (χ1) is 29.6. The number of rotatable bonds is 7. The summed E-state index contributed by atoms with van der Waals surface area (Å²) in [7, 11) is 0. The minimum absolute atomic E-state index is 0.254. The highest BCUT2D eigenvalue weighted by Gasteiger charge is 2.40. The van der Waals surface area contributed by atoms with Crippen molar-refractivity contribution in [2.75, 3.05) is 0 Å². The molecule has 0 radical (unpaired) electrons. The summed E-state index contributed by atoms with van der Waals surface area (Å²) in [6.07, 6.45) is 3.70. The highest BCUT2D eigenvalue weighted by Crippen LogP contribution is 2.53.